The van der Waals surface area contributed by atoms with Gasteiger partial charge in [-0.3, -0.25) is 0 Å². The number of halogens is 3. The quantitative estimate of drug-likeness (QED) is 0.837. The Morgan fingerprint density at radius 1 is 1.33 bits per heavy atom. The third-order valence-electron chi connectivity index (χ3n) is 1.73. The number of nitrogens with two attached hydrogens (primary N) is 1. The summed E-state index contributed by atoms with van der Waals surface area (Å²) in [5.41, 5.74) is 5.28. The number of rotatable bonds is 3. The van der Waals surface area contributed by atoms with Crippen molar-refractivity contribution in [3.8, 4) is 0 Å². The molecule has 0 saturated carbocycles. The molecule has 0 aliphatic heterocycles. The fraction of sp³-hybridized carbons (Fsp3) is 0.500. The minimum Gasteiger partial charge on any atom is -0.382 e. The van der Waals surface area contributed by atoms with Crippen LogP contribution in [0.4, 0.5) is 24.8 Å². The number of hydrogen-bond donors (Lipinski definition) is 1. The molecule has 7 heteroatoms. The second kappa shape index (κ2) is 4.33. The monoisotopic (exact) mass is 220 g/mol. The average Bonchev–Trinajstić information content (AvgIpc) is 2.14. The first-order valence-corrected chi connectivity index (χ1v) is 4.31. The van der Waals surface area contributed by atoms with Crippen molar-refractivity contribution in [2.45, 2.75) is 13.1 Å². The van der Waals surface area contributed by atoms with Gasteiger partial charge in [-0.2, -0.15) is 13.2 Å². The van der Waals surface area contributed by atoms with Crippen molar-refractivity contribution >= 4 is 11.6 Å². The first-order chi connectivity index (χ1) is 6.92. The number of nitrogens with zero attached hydrogens (tertiary/aromatic N) is 3. The van der Waals surface area contributed by atoms with E-state index in [1.165, 1.54) is 12.4 Å². The normalized spacial score (nSPS) is 11.5. The lowest BCUT2D eigenvalue weighted by molar-refractivity contribution is -0.119. The zero-order chi connectivity index (χ0) is 11.5. The van der Waals surface area contributed by atoms with Crippen molar-refractivity contribution in [1.29, 1.82) is 0 Å². The van der Waals surface area contributed by atoms with Crippen molar-refractivity contribution in [1.82, 2.24) is 9.97 Å². The summed E-state index contributed by atoms with van der Waals surface area (Å²) in [5.74, 6) is 0.353. The molecule has 1 aromatic heterocycles. The Morgan fingerprint density at radius 2 is 2.00 bits per heavy atom. The van der Waals surface area contributed by atoms with Gasteiger partial charge >= 0.3 is 6.18 Å². The molecule has 1 heterocycles. The van der Waals surface area contributed by atoms with E-state index in [4.69, 9.17) is 5.73 Å². The maximum atomic E-state index is 12.1. The summed E-state index contributed by atoms with van der Waals surface area (Å²) in [6.07, 6.45) is -1.79. The van der Waals surface area contributed by atoms with Crippen LogP contribution in [0, 0.1) is 0 Å². The Morgan fingerprint density at radius 3 is 2.40 bits per heavy atom. The molecule has 84 valence electrons. The molecule has 0 aromatic carbocycles. The van der Waals surface area contributed by atoms with Crippen LogP contribution >= 0.6 is 0 Å². The molecule has 0 aliphatic rings. The predicted octanol–water partition coefficient (Wildman–Crippen LogP) is 1.45. The molecule has 0 atom stereocenters. The molecule has 0 fully saturated rings. The lowest BCUT2D eigenvalue weighted by Crippen LogP contribution is -2.34. The summed E-state index contributed by atoms with van der Waals surface area (Å²) in [5, 5.41) is 0. The van der Waals surface area contributed by atoms with E-state index in [-0.39, 0.29) is 18.2 Å². The van der Waals surface area contributed by atoms with Gasteiger partial charge in [-0.15, -0.1) is 0 Å². The highest BCUT2D eigenvalue weighted by atomic mass is 19.4. The van der Waals surface area contributed by atoms with Crippen molar-refractivity contribution < 1.29 is 13.2 Å². The summed E-state index contributed by atoms with van der Waals surface area (Å²) in [7, 11) is 0. The molecule has 2 N–H and O–H groups in total. The summed E-state index contributed by atoms with van der Waals surface area (Å²) in [6.45, 7) is 0.782. The lowest BCUT2D eigenvalue weighted by atomic mass is 10.4. The second-order valence-corrected chi connectivity index (χ2v) is 2.93. The Hall–Kier alpha value is -1.53. The topological polar surface area (TPSA) is 55.0 Å². The second-order valence-electron chi connectivity index (χ2n) is 2.93. The molecule has 15 heavy (non-hydrogen) atoms. The standard InChI is InChI=1S/C8H11F3N4/c1-2-15(5-8(9,10)11)7-4-13-6(12)3-14-7/h3-4H,2,5H2,1H3,(H2,12,13). The van der Waals surface area contributed by atoms with Gasteiger partial charge in [0.05, 0.1) is 12.4 Å². The fourth-order valence-corrected chi connectivity index (χ4v) is 1.07. The smallest absolute Gasteiger partial charge is 0.382 e. The van der Waals surface area contributed by atoms with E-state index in [0.29, 0.717) is 0 Å². The van der Waals surface area contributed by atoms with E-state index in [1.54, 1.807) is 6.92 Å². The molecule has 0 amide bonds. The highest BCUT2D eigenvalue weighted by molar-refractivity contribution is 5.39. The van der Waals surface area contributed by atoms with E-state index in [1.807, 2.05) is 0 Å². The van der Waals surface area contributed by atoms with Crippen molar-refractivity contribution in [3.63, 3.8) is 0 Å². The van der Waals surface area contributed by atoms with E-state index < -0.39 is 12.7 Å². The van der Waals surface area contributed by atoms with Crippen LogP contribution in [-0.4, -0.2) is 29.2 Å². The van der Waals surface area contributed by atoms with Gasteiger partial charge in [0.2, 0.25) is 0 Å². The molecule has 0 saturated heterocycles. The molecular formula is C8H11F3N4. The molecule has 0 spiro atoms. The van der Waals surface area contributed by atoms with E-state index >= 15 is 0 Å². The van der Waals surface area contributed by atoms with Gasteiger partial charge in [-0.1, -0.05) is 0 Å². The van der Waals surface area contributed by atoms with Crippen LogP contribution in [0.25, 0.3) is 0 Å². The average molecular weight is 220 g/mol. The van der Waals surface area contributed by atoms with Gasteiger partial charge in [0, 0.05) is 6.54 Å². The van der Waals surface area contributed by atoms with Crippen LogP contribution in [0.1, 0.15) is 6.92 Å². The van der Waals surface area contributed by atoms with E-state index in [2.05, 4.69) is 9.97 Å². The fourth-order valence-electron chi connectivity index (χ4n) is 1.07. The third kappa shape index (κ3) is 3.61. The molecule has 4 nitrogen and oxygen atoms in total. The van der Waals surface area contributed by atoms with Crippen molar-refractivity contribution in [3.05, 3.63) is 12.4 Å². The van der Waals surface area contributed by atoms with Crippen LogP contribution in [0.5, 0.6) is 0 Å². The Kier molecular flexibility index (Phi) is 3.33. The van der Waals surface area contributed by atoms with Crippen LogP contribution < -0.4 is 10.6 Å². The van der Waals surface area contributed by atoms with Gasteiger partial charge in [0.15, 0.2) is 0 Å². The number of alkyl halides is 3. The van der Waals surface area contributed by atoms with Gasteiger partial charge in [-0.25, -0.2) is 9.97 Å². The summed E-state index contributed by atoms with van der Waals surface area (Å²) < 4.78 is 36.4. The maximum absolute atomic E-state index is 12.1. The number of hydrogen-bond acceptors (Lipinski definition) is 4. The Balaban J connectivity index is 2.79. The highest BCUT2D eigenvalue weighted by Crippen LogP contribution is 2.19. The first kappa shape index (κ1) is 11.5. The van der Waals surface area contributed by atoms with Crippen molar-refractivity contribution in [2.75, 3.05) is 23.7 Å². The van der Waals surface area contributed by atoms with Crippen LogP contribution in [-0.2, 0) is 0 Å². The number of aromatic nitrogens is 2. The number of anilines is 2. The molecule has 1 aromatic rings. The molecule has 0 unspecified atom stereocenters. The van der Waals surface area contributed by atoms with Gasteiger partial charge < -0.3 is 10.6 Å². The van der Waals surface area contributed by atoms with Gasteiger partial charge in [0.25, 0.3) is 0 Å². The van der Waals surface area contributed by atoms with Crippen LogP contribution in [0.2, 0.25) is 0 Å². The third-order valence-corrected chi connectivity index (χ3v) is 1.73. The number of nitrogen functional groups attached to an aromatic ring is 1. The molecule has 0 bridgehead atoms. The summed E-state index contributed by atoms with van der Waals surface area (Å²) in [4.78, 5) is 8.53. The van der Waals surface area contributed by atoms with Crippen LogP contribution in [0.15, 0.2) is 12.4 Å². The largest absolute Gasteiger partial charge is 0.405 e. The zero-order valence-corrected chi connectivity index (χ0v) is 8.12. The molecule has 0 radical (unpaired) electrons. The predicted molar refractivity (Wildman–Crippen MR) is 50.4 cm³/mol. The maximum Gasteiger partial charge on any atom is 0.405 e. The summed E-state index contributed by atoms with van der Waals surface area (Å²) >= 11 is 0. The van der Waals surface area contributed by atoms with E-state index in [0.717, 1.165) is 4.90 Å². The molecule has 0 aliphatic carbocycles. The molecule has 1 rings (SSSR count). The Labute approximate surface area is 84.9 Å². The zero-order valence-electron chi connectivity index (χ0n) is 8.12. The minimum atomic E-state index is -4.25. The minimum absolute atomic E-state index is 0.170. The van der Waals surface area contributed by atoms with Gasteiger partial charge in [-0.05, 0) is 6.92 Å². The van der Waals surface area contributed by atoms with E-state index in [9.17, 15) is 13.2 Å². The first-order valence-electron chi connectivity index (χ1n) is 4.31. The lowest BCUT2D eigenvalue weighted by Gasteiger charge is -2.22. The van der Waals surface area contributed by atoms with Crippen molar-refractivity contribution in [2.24, 2.45) is 0 Å². The van der Waals surface area contributed by atoms with Crippen LogP contribution in [0.3, 0.4) is 0 Å². The van der Waals surface area contributed by atoms with Gasteiger partial charge in [0.1, 0.15) is 18.2 Å². The molecular weight excluding hydrogens is 209 g/mol. The summed E-state index contributed by atoms with van der Waals surface area (Å²) in [6, 6.07) is 0. The highest BCUT2D eigenvalue weighted by Gasteiger charge is 2.30. The SMILES string of the molecule is CCN(CC(F)(F)F)c1cnc(N)cn1. The Bertz CT molecular complexity index is 309.